The minimum absolute atomic E-state index is 0.0600. The maximum absolute atomic E-state index is 13.3. The van der Waals surface area contributed by atoms with E-state index in [0.29, 0.717) is 18.3 Å². The number of aromatic amines is 1. The number of aromatic nitrogens is 2. The van der Waals surface area contributed by atoms with E-state index in [9.17, 15) is 4.79 Å². The van der Waals surface area contributed by atoms with E-state index in [2.05, 4.69) is 20.0 Å². The predicted molar refractivity (Wildman–Crippen MR) is 110 cm³/mol. The van der Waals surface area contributed by atoms with Crippen LogP contribution in [-0.2, 0) is 6.61 Å². The van der Waals surface area contributed by atoms with Gasteiger partial charge in [0, 0.05) is 36.6 Å². The molecular weight excluding hydrogens is 364 g/mol. The zero-order valence-corrected chi connectivity index (χ0v) is 16.3. The average molecular weight is 388 g/mol. The summed E-state index contributed by atoms with van der Waals surface area (Å²) in [6.45, 7) is 3.50. The Hall–Kier alpha value is -2.86. The highest BCUT2D eigenvalue weighted by molar-refractivity contribution is 6.05. The Bertz CT molecular complexity index is 1070. The third-order valence-corrected chi connectivity index (χ3v) is 7.15. The van der Waals surface area contributed by atoms with Crippen molar-refractivity contribution in [3.05, 3.63) is 59.8 Å². The normalized spacial score (nSPS) is 25.7. The van der Waals surface area contributed by atoms with Crippen molar-refractivity contribution in [1.82, 2.24) is 20.0 Å². The first-order valence-electron chi connectivity index (χ1n) is 10.5. The van der Waals surface area contributed by atoms with Gasteiger partial charge in [0.2, 0.25) is 0 Å². The van der Waals surface area contributed by atoms with E-state index in [0.717, 1.165) is 41.7 Å². The van der Waals surface area contributed by atoms with Crippen LogP contribution >= 0.6 is 0 Å². The van der Waals surface area contributed by atoms with Crippen LogP contribution in [0, 0.1) is 0 Å². The summed E-state index contributed by atoms with van der Waals surface area (Å²) in [6, 6.07) is 16.2. The van der Waals surface area contributed by atoms with Crippen molar-refractivity contribution in [1.29, 1.82) is 0 Å². The number of nitrogens with one attached hydrogen (secondary N) is 1. The summed E-state index contributed by atoms with van der Waals surface area (Å²) in [5.41, 5.74) is 2.77. The summed E-state index contributed by atoms with van der Waals surface area (Å²) in [5.74, 6) is 0.829. The van der Waals surface area contributed by atoms with Crippen molar-refractivity contribution in [2.75, 3.05) is 19.6 Å². The van der Waals surface area contributed by atoms with Gasteiger partial charge >= 0.3 is 0 Å². The van der Waals surface area contributed by atoms with Crippen LogP contribution in [0.2, 0.25) is 0 Å². The topological polar surface area (TPSA) is 61.5 Å². The van der Waals surface area contributed by atoms with E-state index in [1.165, 1.54) is 19.4 Å². The molecule has 6 heteroatoms. The SMILES string of the molecule is O=C(c1n[nH]c2cc(OCc3ccccc3)ccc12)N1CCN2CCC23CCC13. The summed E-state index contributed by atoms with van der Waals surface area (Å²) < 4.78 is 5.91. The molecule has 1 N–H and O–H groups in total. The number of piperazine rings is 1. The van der Waals surface area contributed by atoms with Crippen molar-refractivity contribution in [2.45, 2.75) is 37.5 Å². The fraction of sp³-hybridized carbons (Fsp3) is 0.391. The number of benzene rings is 2. The molecule has 3 aromatic rings. The van der Waals surface area contributed by atoms with Crippen molar-refractivity contribution >= 4 is 16.8 Å². The van der Waals surface area contributed by atoms with Crippen LogP contribution in [-0.4, -0.2) is 57.1 Å². The van der Waals surface area contributed by atoms with Gasteiger partial charge in [-0.05, 0) is 37.0 Å². The number of fused-ring (bicyclic) bond motifs is 1. The molecule has 2 unspecified atom stereocenters. The maximum Gasteiger partial charge on any atom is 0.275 e. The highest BCUT2D eigenvalue weighted by Gasteiger charge is 2.61. The highest BCUT2D eigenvalue weighted by Crippen LogP contribution is 2.51. The second kappa shape index (κ2) is 6.32. The quantitative estimate of drug-likeness (QED) is 0.746. The van der Waals surface area contributed by atoms with Crippen molar-refractivity contribution in [3.63, 3.8) is 0 Å². The molecule has 1 spiro atoms. The van der Waals surface area contributed by atoms with E-state index >= 15 is 0 Å². The molecule has 2 saturated heterocycles. The Balaban J connectivity index is 1.22. The minimum atomic E-state index is 0.0600. The predicted octanol–water partition coefficient (Wildman–Crippen LogP) is 3.20. The summed E-state index contributed by atoms with van der Waals surface area (Å²) in [7, 11) is 0. The van der Waals surface area contributed by atoms with Crippen LogP contribution in [0.5, 0.6) is 5.75 Å². The molecule has 2 atom stereocenters. The van der Waals surface area contributed by atoms with E-state index in [1.807, 2.05) is 48.5 Å². The molecule has 6 nitrogen and oxygen atoms in total. The molecule has 6 rings (SSSR count). The summed E-state index contributed by atoms with van der Waals surface area (Å²) in [5, 5.41) is 8.29. The molecule has 3 fully saturated rings. The van der Waals surface area contributed by atoms with E-state index in [4.69, 9.17) is 4.74 Å². The van der Waals surface area contributed by atoms with Gasteiger partial charge in [0.25, 0.3) is 5.91 Å². The Kier molecular flexibility index (Phi) is 3.71. The molecule has 1 amide bonds. The Morgan fingerprint density at radius 2 is 2.03 bits per heavy atom. The van der Waals surface area contributed by atoms with Gasteiger partial charge in [0.1, 0.15) is 12.4 Å². The molecule has 3 heterocycles. The van der Waals surface area contributed by atoms with Gasteiger partial charge in [-0.25, -0.2) is 0 Å². The first-order chi connectivity index (χ1) is 14.2. The van der Waals surface area contributed by atoms with Crippen LogP contribution in [0.15, 0.2) is 48.5 Å². The van der Waals surface area contributed by atoms with Crippen molar-refractivity contribution < 1.29 is 9.53 Å². The number of amides is 1. The van der Waals surface area contributed by atoms with Crippen LogP contribution in [0.1, 0.15) is 35.3 Å². The van der Waals surface area contributed by atoms with Crippen LogP contribution < -0.4 is 4.74 Å². The van der Waals surface area contributed by atoms with Crippen LogP contribution in [0.3, 0.4) is 0 Å². The highest BCUT2D eigenvalue weighted by atomic mass is 16.5. The monoisotopic (exact) mass is 388 g/mol. The van der Waals surface area contributed by atoms with Crippen molar-refractivity contribution in [3.8, 4) is 5.75 Å². The summed E-state index contributed by atoms with van der Waals surface area (Å²) >= 11 is 0. The second-order valence-electron chi connectivity index (χ2n) is 8.45. The minimum Gasteiger partial charge on any atom is -0.489 e. The third kappa shape index (κ3) is 2.52. The largest absolute Gasteiger partial charge is 0.489 e. The molecule has 1 saturated carbocycles. The third-order valence-electron chi connectivity index (χ3n) is 7.15. The lowest BCUT2D eigenvalue weighted by Crippen LogP contribution is -2.79. The lowest BCUT2D eigenvalue weighted by atomic mass is 9.61. The fourth-order valence-electron chi connectivity index (χ4n) is 5.36. The number of hydrogen-bond acceptors (Lipinski definition) is 4. The van der Waals surface area contributed by atoms with Gasteiger partial charge in [0.05, 0.1) is 11.6 Å². The van der Waals surface area contributed by atoms with Gasteiger partial charge in [-0.15, -0.1) is 0 Å². The molecule has 1 aromatic heterocycles. The van der Waals surface area contributed by atoms with E-state index < -0.39 is 0 Å². The molecule has 148 valence electrons. The van der Waals surface area contributed by atoms with Crippen molar-refractivity contribution in [2.24, 2.45) is 0 Å². The fourth-order valence-corrected chi connectivity index (χ4v) is 5.36. The van der Waals surface area contributed by atoms with Gasteiger partial charge in [0.15, 0.2) is 5.69 Å². The van der Waals surface area contributed by atoms with Gasteiger partial charge < -0.3 is 9.64 Å². The maximum atomic E-state index is 13.3. The Morgan fingerprint density at radius 1 is 1.14 bits per heavy atom. The standard InChI is InChI=1S/C23H24N4O2/c28-22(27-13-12-26-11-10-23(26)9-8-20(23)27)21-18-7-6-17(14-19(18)24-25-21)29-15-16-4-2-1-3-5-16/h1-7,14,20H,8-13,15H2,(H,24,25). The number of carbonyl (C=O) groups is 1. The molecule has 3 aliphatic rings. The molecule has 29 heavy (non-hydrogen) atoms. The number of H-pyrrole nitrogens is 1. The van der Waals surface area contributed by atoms with E-state index in [1.54, 1.807) is 0 Å². The molecule has 0 bridgehead atoms. The Labute approximate surface area is 169 Å². The van der Waals surface area contributed by atoms with Gasteiger partial charge in [-0.2, -0.15) is 5.10 Å². The molecule has 2 aromatic carbocycles. The van der Waals surface area contributed by atoms with Gasteiger partial charge in [-0.3, -0.25) is 14.8 Å². The number of rotatable bonds is 4. The smallest absolute Gasteiger partial charge is 0.275 e. The molecule has 1 aliphatic carbocycles. The van der Waals surface area contributed by atoms with Crippen LogP contribution in [0.25, 0.3) is 10.9 Å². The molecule has 2 aliphatic heterocycles. The summed E-state index contributed by atoms with van der Waals surface area (Å²) in [4.78, 5) is 18.0. The summed E-state index contributed by atoms with van der Waals surface area (Å²) in [6.07, 6.45) is 3.57. The first kappa shape index (κ1) is 17.0. The number of ether oxygens (including phenoxy) is 1. The zero-order valence-electron chi connectivity index (χ0n) is 16.3. The lowest BCUT2D eigenvalue weighted by molar-refractivity contribution is -0.161. The average Bonchev–Trinajstić information content (AvgIpc) is 3.12. The number of nitrogens with zero attached hydrogens (tertiary/aromatic N) is 3. The lowest BCUT2D eigenvalue weighted by Gasteiger charge is -2.68. The van der Waals surface area contributed by atoms with E-state index in [-0.39, 0.29) is 11.4 Å². The second-order valence-corrected chi connectivity index (χ2v) is 8.45. The van der Waals surface area contributed by atoms with Crippen LogP contribution in [0.4, 0.5) is 0 Å². The molecule has 0 radical (unpaired) electrons. The first-order valence-corrected chi connectivity index (χ1v) is 10.5. The Morgan fingerprint density at radius 3 is 2.79 bits per heavy atom. The number of hydrogen-bond donors (Lipinski definition) is 1. The number of carbonyl (C=O) groups excluding carboxylic acids is 1. The molecular formula is C23H24N4O2. The van der Waals surface area contributed by atoms with Gasteiger partial charge in [-0.1, -0.05) is 30.3 Å². The zero-order chi connectivity index (χ0) is 19.4.